The summed E-state index contributed by atoms with van der Waals surface area (Å²) in [6.07, 6.45) is 3.11. The summed E-state index contributed by atoms with van der Waals surface area (Å²) in [6.45, 7) is 2.41. The minimum Gasteiger partial charge on any atom is -0.337 e. The van der Waals surface area contributed by atoms with Gasteiger partial charge in [-0.05, 0) is 30.7 Å². The minimum atomic E-state index is -0.189. The summed E-state index contributed by atoms with van der Waals surface area (Å²) in [5, 5.41) is 2.71. The van der Waals surface area contributed by atoms with Crippen LogP contribution in [0.3, 0.4) is 0 Å². The van der Waals surface area contributed by atoms with Gasteiger partial charge in [0.2, 0.25) is 5.91 Å². The van der Waals surface area contributed by atoms with Crippen LogP contribution in [0.1, 0.15) is 22.8 Å². The van der Waals surface area contributed by atoms with E-state index in [1.807, 2.05) is 12.1 Å². The van der Waals surface area contributed by atoms with Gasteiger partial charge < -0.3 is 10.2 Å². The first-order valence-corrected chi connectivity index (χ1v) is 5.44. The maximum absolute atomic E-state index is 11.8. The molecule has 4 heteroatoms. The molecule has 0 saturated carbocycles. The van der Waals surface area contributed by atoms with Crippen molar-refractivity contribution in [3.63, 3.8) is 0 Å². The van der Waals surface area contributed by atoms with Crippen molar-refractivity contribution in [1.82, 2.24) is 4.90 Å². The standard InChI is InChI=1S/C13H14N2O2/c1-3-4-12(16)14-10-6-5-9-8-15(2)13(17)11(9)7-10/h3-7H,8H2,1-2H3,(H,14,16)/b4-3+. The van der Waals surface area contributed by atoms with Crippen molar-refractivity contribution < 1.29 is 9.59 Å². The van der Waals surface area contributed by atoms with Gasteiger partial charge in [0, 0.05) is 24.8 Å². The molecule has 1 aliphatic rings. The number of benzene rings is 1. The molecule has 2 amide bonds. The van der Waals surface area contributed by atoms with Gasteiger partial charge in [-0.3, -0.25) is 9.59 Å². The van der Waals surface area contributed by atoms with E-state index in [-0.39, 0.29) is 11.8 Å². The van der Waals surface area contributed by atoms with Crippen molar-refractivity contribution in [3.05, 3.63) is 41.5 Å². The number of nitrogens with one attached hydrogen (secondary N) is 1. The molecule has 2 rings (SSSR count). The second-order valence-corrected chi connectivity index (χ2v) is 4.02. The van der Waals surface area contributed by atoms with E-state index < -0.39 is 0 Å². The topological polar surface area (TPSA) is 49.4 Å². The number of fused-ring (bicyclic) bond motifs is 1. The molecule has 0 radical (unpaired) electrons. The molecule has 88 valence electrons. The van der Waals surface area contributed by atoms with Gasteiger partial charge >= 0.3 is 0 Å². The summed E-state index contributed by atoms with van der Waals surface area (Å²) < 4.78 is 0. The molecule has 0 fully saturated rings. The van der Waals surface area contributed by atoms with Crippen LogP contribution in [0.15, 0.2) is 30.4 Å². The SMILES string of the molecule is C/C=C/C(=O)Nc1ccc2c(c1)C(=O)N(C)C2. The lowest BCUT2D eigenvalue weighted by Gasteiger charge is -2.05. The summed E-state index contributed by atoms with van der Waals surface area (Å²) >= 11 is 0. The molecule has 0 saturated heterocycles. The summed E-state index contributed by atoms with van der Waals surface area (Å²) in [5.74, 6) is -0.187. The van der Waals surface area contributed by atoms with Crippen LogP contribution in [0, 0.1) is 0 Å². The van der Waals surface area contributed by atoms with E-state index in [1.165, 1.54) is 6.08 Å². The minimum absolute atomic E-state index is 0.00197. The molecule has 0 bridgehead atoms. The normalized spacial score (nSPS) is 14.2. The first-order chi connectivity index (χ1) is 8.11. The summed E-state index contributed by atoms with van der Waals surface area (Å²) in [4.78, 5) is 24.8. The lowest BCUT2D eigenvalue weighted by molar-refractivity contribution is -0.111. The first-order valence-electron chi connectivity index (χ1n) is 5.44. The zero-order chi connectivity index (χ0) is 12.4. The van der Waals surface area contributed by atoms with Crippen molar-refractivity contribution in [1.29, 1.82) is 0 Å². The van der Waals surface area contributed by atoms with E-state index in [2.05, 4.69) is 5.32 Å². The largest absolute Gasteiger partial charge is 0.337 e. The zero-order valence-electron chi connectivity index (χ0n) is 9.86. The van der Waals surface area contributed by atoms with Crippen LogP contribution in [-0.2, 0) is 11.3 Å². The fraction of sp³-hybridized carbons (Fsp3) is 0.231. The molecule has 1 aromatic carbocycles. The van der Waals surface area contributed by atoms with Gasteiger partial charge in [-0.25, -0.2) is 0 Å². The maximum Gasteiger partial charge on any atom is 0.254 e. The third-order valence-electron chi connectivity index (χ3n) is 2.68. The Labute approximate surface area is 99.9 Å². The molecule has 1 heterocycles. The monoisotopic (exact) mass is 230 g/mol. The first kappa shape index (κ1) is 11.4. The molecule has 1 N–H and O–H groups in total. The van der Waals surface area contributed by atoms with Crippen molar-refractivity contribution in [2.45, 2.75) is 13.5 Å². The molecule has 17 heavy (non-hydrogen) atoms. The molecular weight excluding hydrogens is 216 g/mol. The number of nitrogens with zero attached hydrogens (tertiary/aromatic N) is 1. The third-order valence-corrected chi connectivity index (χ3v) is 2.68. The Morgan fingerprint density at radius 3 is 2.94 bits per heavy atom. The second kappa shape index (κ2) is 4.41. The summed E-state index contributed by atoms with van der Waals surface area (Å²) in [5.41, 5.74) is 2.32. The second-order valence-electron chi connectivity index (χ2n) is 4.02. The average Bonchev–Trinajstić information content (AvgIpc) is 2.56. The lowest BCUT2D eigenvalue weighted by atomic mass is 10.1. The Morgan fingerprint density at radius 2 is 2.24 bits per heavy atom. The number of rotatable bonds is 2. The van der Waals surface area contributed by atoms with Crippen LogP contribution < -0.4 is 5.32 Å². The maximum atomic E-state index is 11.8. The lowest BCUT2D eigenvalue weighted by Crippen LogP contribution is -2.17. The van der Waals surface area contributed by atoms with E-state index >= 15 is 0 Å². The Kier molecular flexibility index (Phi) is 2.95. The van der Waals surface area contributed by atoms with E-state index in [4.69, 9.17) is 0 Å². The van der Waals surface area contributed by atoms with Crippen LogP contribution in [0.25, 0.3) is 0 Å². The van der Waals surface area contributed by atoms with E-state index in [1.54, 1.807) is 31.0 Å². The van der Waals surface area contributed by atoms with Gasteiger partial charge in [0.1, 0.15) is 0 Å². The molecule has 4 nitrogen and oxygen atoms in total. The number of carbonyl (C=O) groups excluding carboxylic acids is 2. The molecule has 1 aromatic rings. The third kappa shape index (κ3) is 2.20. The zero-order valence-corrected chi connectivity index (χ0v) is 9.86. The predicted octanol–water partition coefficient (Wildman–Crippen LogP) is 1.79. The van der Waals surface area contributed by atoms with Gasteiger partial charge in [-0.15, -0.1) is 0 Å². The number of carbonyl (C=O) groups is 2. The Morgan fingerprint density at radius 1 is 1.47 bits per heavy atom. The molecule has 0 atom stereocenters. The molecule has 0 unspecified atom stereocenters. The molecular formula is C13H14N2O2. The number of allylic oxidation sites excluding steroid dienone is 1. The van der Waals surface area contributed by atoms with Gasteiger partial charge in [-0.1, -0.05) is 12.1 Å². The van der Waals surface area contributed by atoms with E-state index in [9.17, 15) is 9.59 Å². The van der Waals surface area contributed by atoms with Gasteiger partial charge in [0.25, 0.3) is 5.91 Å². The number of amides is 2. The number of hydrogen-bond donors (Lipinski definition) is 1. The van der Waals surface area contributed by atoms with Crippen LogP contribution in [0.2, 0.25) is 0 Å². The predicted molar refractivity (Wildman–Crippen MR) is 65.7 cm³/mol. The highest BCUT2D eigenvalue weighted by atomic mass is 16.2. The van der Waals surface area contributed by atoms with Crippen molar-refractivity contribution in [2.24, 2.45) is 0 Å². The van der Waals surface area contributed by atoms with Crippen LogP contribution >= 0.6 is 0 Å². The van der Waals surface area contributed by atoms with Crippen molar-refractivity contribution in [3.8, 4) is 0 Å². The Bertz CT molecular complexity index is 506. The summed E-state index contributed by atoms with van der Waals surface area (Å²) in [7, 11) is 1.76. The summed E-state index contributed by atoms with van der Waals surface area (Å²) in [6, 6.07) is 5.41. The van der Waals surface area contributed by atoms with Gasteiger partial charge in [0.05, 0.1) is 0 Å². The Hall–Kier alpha value is -2.10. The molecule has 0 aliphatic carbocycles. The molecule has 0 aromatic heterocycles. The fourth-order valence-corrected chi connectivity index (χ4v) is 1.86. The van der Waals surface area contributed by atoms with Crippen LogP contribution in [0.5, 0.6) is 0 Å². The highest BCUT2D eigenvalue weighted by Gasteiger charge is 2.24. The van der Waals surface area contributed by atoms with Gasteiger partial charge in [-0.2, -0.15) is 0 Å². The Balaban J connectivity index is 2.23. The highest BCUT2D eigenvalue weighted by molar-refractivity contribution is 6.02. The van der Waals surface area contributed by atoms with E-state index in [0.717, 1.165) is 5.56 Å². The van der Waals surface area contributed by atoms with Crippen LogP contribution in [-0.4, -0.2) is 23.8 Å². The van der Waals surface area contributed by atoms with E-state index in [0.29, 0.717) is 17.8 Å². The number of hydrogen-bond acceptors (Lipinski definition) is 2. The smallest absolute Gasteiger partial charge is 0.254 e. The average molecular weight is 230 g/mol. The highest BCUT2D eigenvalue weighted by Crippen LogP contribution is 2.24. The molecule has 1 aliphatic heterocycles. The van der Waals surface area contributed by atoms with Crippen molar-refractivity contribution >= 4 is 17.5 Å². The van der Waals surface area contributed by atoms with Crippen molar-refractivity contribution in [2.75, 3.05) is 12.4 Å². The van der Waals surface area contributed by atoms with Crippen LogP contribution in [0.4, 0.5) is 5.69 Å². The fourth-order valence-electron chi connectivity index (χ4n) is 1.86. The quantitative estimate of drug-likeness (QED) is 0.787. The number of anilines is 1. The van der Waals surface area contributed by atoms with Gasteiger partial charge in [0.15, 0.2) is 0 Å². The molecule has 0 spiro atoms.